The zero-order valence-corrected chi connectivity index (χ0v) is 10.3. The molecule has 0 radical (unpaired) electrons. The normalized spacial score (nSPS) is 19.1. The van der Waals surface area contributed by atoms with Gasteiger partial charge in [0.05, 0.1) is 0 Å². The van der Waals surface area contributed by atoms with Crippen LogP contribution in [0.4, 0.5) is 0 Å². The Morgan fingerprint density at radius 2 is 1.88 bits per heavy atom. The number of halogens is 2. The molecule has 1 fully saturated rings. The molecule has 0 heterocycles. The molecule has 0 bridgehead atoms. The van der Waals surface area contributed by atoms with Gasteiger partial charge in [-0.25, -0.2) is 0 Å². The van der Waals surface area contributed by atoms with Gasteiger partial charge >= 0.3 is 0 Å². The maximum absolute atomic E-state index is 11.6. The molecule has 1 nitrogen and oxygen atoms in total. The van der Waals surface area contributed by atoms with Crippen molar-refractivity contribution in [1.82, 2.24) is 0 Å². The van der Waals surface area contributed by atoms with Crippen LogP contribution >= 0.6 is 23.2 Å². The van der Waals surface area contributed by atoms with Gasteiger partial charge in [0.15, 0.2) is 5.78 Å². The van der Waals surface area contributed by atoms with Crippen LogP contribution in [0.3, 0.4) is 0 Å². The van der Waals surface area contributed by atoms with E-state index in [1.54, 1.807) is 12.1 Å². The first-order chi connectivity index (χ1) is 7.66. The molecule has 0 atom stereocenters. The molecule has 0 saturated heterocycles. The number of benzene rings is 1. The standard InChI is InChI=1S/C13H12Cl2O/c14-11-6-5-9(12(15)8-11)7-10-3-1-2-4-13(10)16/h5-8H,1-4H2/b10-7+. The first-order valence-electron chi connectivity index (χ1n) is 5.35. The minimum atomic E-state index is 0.247. The highest BCUT2D eigenvalue weighted by Crippen LogP contribution is 2.27. The number of hydrogen-bond acceptors (Lipinski definition) is 1. The number of ketones is 1. The summed E-state index contributed by atoms with van der Waals surface area (Å²) in [4.78, 5) is 11.6. The molecular weight excluding hydrogens is 243 g/mol. The van der Waals surface area contributed by atoms with E-state index in [-0.39, 0.29) is 5.78 Å². The Kier molecular flexibility index (Phi) is 3.67. The molecule has 1 aromatic carbocycles. The van der Waals surface area contributed by atoms with Gasteiger partial charge in [-0.15, -0.1) is 0 Å². The molecule has 2 rings (SSSR count). The van der Waals surface area contributed by atoms with Crippen LogP contribution in [0.1, 0.15) is 31.2 Å². The van der Waals surface area contributed by atoms with Crippen molar-refractivity contribution in [1.29, 1.82) is 0 Å². The predicted molar refractivity (Wildman–Crippen MR) is 67.9 cm³/mol. The fraction of sp³-hybridized carbons (Fsp3) is 0.308. The zero-order chi connectivity index (χ0) is 11.5. The van der Waals surface area contributed by atoms with Crippen molar-refractivity contribution < 1.29 is 4.79 Å². The molecular formula is C13H12Cl2O. The monoisotopic (exact) mass is 254 g/mol. The van der Waals surface area contributed by atoms with Crippen LogP contribution in [-0.2, 0) is 4.79 Å². The lowest BCUT2D eigenvalue weighted by atomic mass is 9.92. The molecule has 1 aliphatic rings. The van der Waals surface area contributed by atoms with Gasteiger partial charge in [-0.2, -0.15) is 0 Å². The van der Waals surface area contributed by atoms with Crippen LogP contribution < -0.4 is 0 Å². The second-order valence-electron chi connectivity index (χ2n) is 3.97. The Morgan fingerprint density at radius 1 is 1.12 bits per heavy atom. The minimum Gasteiger partial charge on any atom is -0.295 e. The van der Waals surface area contributed by atoms with Gasteiger partial charge in [0.25, 0.3) is 0 Å². The minimum absolute atomic E-state index is 0.247. The summed E-state index contributed by atoms with van der Waals surface area (Å²) in [5.41, 5.74) is 1.76. The Balaban J connectivity index is 2.30. The van der Waals surface area contributed by atoms with E-state index in [1.807, 2.05) is 12.1 Å². The van der Waals surface area contributed by atoms with Crippen LogP contribution in [0.5, 0.6) is 0 Å². The van der Waals surface area contributed by atoms with E-state index in [0.717, 1.165) is 30.4 Å². The van der Waals surface area contributed by atoms with E-state index >= 15 is 0 Å². The topological polar surface area (TPSA) is 17.1 Å². The molecule has 0 unspecified atom stereocenters. The first-order valence-corrected chi connectivity index (χ1v) is 6.11. The smallest absolute Gasteiger partial charge is 0.158 e. The molecule has 1 aliphatic carbocycles. The van der Waals surface area contributed by atoms with Crippen molar-refractivity contribution in [2.75, 3.05) is 0 Å². The molecule has 3 heteroatoms. The summed E-state index contributed by atoms with van der Waals surface area (Å²) in [5, 5.41) is 1.21. The molecule has 0 amide bonds. The van der Waals surface area contributed by atoms with E-state index in [9.17, 15) is 4.79 Å². The van der Waals surface area contributed by atoms with E-state index in [1.165, 1.54) is 0 Å². The van der Waals surface area contributed by atoms with Crippen molar-refractivity contribution in [2.45, 2.75) is 25.7 Å². The number of carbonyl (C=O) groups excluding carboxylic acids is 1. The van der Waals surface area contributed by atoms with Gasteiger partial charge in [0.1, 0.15) is 0 Å². The lowest BCUT2D eigenvalue weighted by Crippen LogP contribution is -2.07. The summed E-state index contributed by atoms with van der Waals surface area (Å²) < 4.78 is 0. The maximum Gasteiger partial charge on any atom is 0.158 e. The van der Waals surface area contributed by atoms with Crippen molar-refractivity contribution in [3.8, 4) is 0 Å². The van der Waals surface area contributed by atoms with Gasteiger partial charge in [0.2, 0.25) is 0 Å². The second-order valence-corrected chi connectivity index (χ2v) is 4.81. The number of carbonyl (C=O) groups is 1. The highest BCUT2D eigenvalue weighted by atomic mass is 35.5. The highest BCUT2D eigenvalue weighted by Gasteiger charge is 2.15. The molecule has 0 aromatic heterocycles. The third kappa shape index (κ3) is 2.66. The fourth-order valence-electron chi connectivity index (χ4n) is 1.86. The summed E-state index contributed by atoms with van der Waals surface area (Å²) in [6, 6.07) is 5.33. The Bertz CT molecular complexity index is 449. The molecule has 0 N–H and O–H groups in total. The van der Waals surface area contributed by atoms with Crippen LogP contribution in [-0.4, -0.2) is 5.78 Å². The van der Waals surface area contributed by atoms with Gasteiger partial charge in [0, 0.05) is 16.5 Å². The van der Waals surface area contributed by atoms with E-state index in [2.05, 4.69) is 0 Å². The Hall–Kier alpha value is -0.790. The largest absolute Gasteiger partial charge is 0.295 e. The average molecular weight is 255 g/mol. The first kappa shape index (κ1) is 11.7. The molecule has 16 heavy (non-hydrogen) atoms. The number of rotatable bonds is 1. The molecule has 0 spiro atoms. The molecule has 0 aliphatic heterocycles. The number of allylic oxidation sites excluding steroid dienone is 1. The summed E-state index contributed by atoms with van der Waals surface area (Å²) in [6.07, 6.45) is 5.50. The molecule has 1 aromatic rings. The fourth-order valence-corrected chi connectivity index (χ4v) is 2.32. The lowest BCUT2D eigenvalue weighted by molar-refractivity contribution is -0.116. The predicted octanol–water partition coefficient (Wildman–Crippen LogP) is 4.52. The Morgan fingerprint density at radius 3 is 2.56 bits per heavy atom. The summed E-state index contributed by atoms with van der Waals surface area (Å²) >= 11 is 11.9. The summed E-state index contributed by atoms with van der Waals surface area (Å²) in [6.45, 7) is 0. The SMILES string of the molecule is O=C1CCCC/C1=C\c1ccc(Cl)cc1Cl. The summed E-state index contributed by atoms with van der Waals surface area (Å²) in [5.74, 6) is 0.247. The number of Topliss-reactive ketones (excluding diaryl/α,β-unsaturated/α-hetero) is 1. The van der Waals surface area contributed by atoms with Crippen molar-refractivity contribution in [2.24, 2.45) is 0 Å². The zero-order valence-electron chi connectivity index (χ0n) is 8.80. The van der Waals surface area contributed by atoms with Gasteiger partial charge < -0.3 is 0 Å². The third-order valence-corrected chi connectivity index (χ3v) is 3.31. The van der Waals surface area contributed by atoms with E-state index < -0.39 is 0 Å². The molecule has 1 saturated carbocycles. The highest BCUT2D eigenvalue weighted by molar-refractivity contribution is 6.35. The van der Waals surface area contributed by atoms with Crippen LogP contribution in [0.2, 0.25) is 10.0 Å². The van der Waals surface area contributed by atoms with E-state index in [4.69, 9.17) is 23.2 Å². The number of hydrogen-bond donors (Lipinski definition) is 0. The van der Waals surface area contributed by atoms with Crippen LogP contribution in [0, 0.1) is 0 Å². The van der Waals surface area contributed by atoms with Crippen molar-refractivity contribution in [3.63, 3.8) is 0 Å². The summed E-state index contributed by atoms with van der Waals surface area (Å²) in [7, 11) is 0. The Labute approximate surface area is 105 Å². The maximum atomic E-state index is 11.6. The molecule has 84 valence electrons. The van der Waals surface area contributed by atoms with Crippen molar-refractivity contribution >= 4 is 35.1 Å². The van der Waals surface area contributed by atoms with Crippen molar-refractivity contribution in [3.05, 3.63) is 39.4 Å². The quantitative estimate of drug-likeness (QED) is 0.674. The lowest BCUT2D eigenvalue weighted by Gasteiger charge is -2.12. The van der Waals surface area contributed by atoms with Gasteiger partial charge in [-0.3, -0.25) is 4.79 Å². The van der Waals surface area contributed by atoms with E-state index in [0.29, 0.717) is 16.5 Å². The van der Waals surface area contributed by atoms with Gasteiger partial charge in [-0.05, 0) is 48.6 Å². The third-order valence-electron chi connectivity index (χ3n) is 2.75. The second kappa shape index (κ2) is 5.03. The average Bonchev–Trinajstić information content (AvgIpc) is 2.25. The van der Waals surface area contributed by atoms with Crippen LogP contribution in [0.25, 0.3) is 6.08 Å². The van der Waals surface area contributed by atoms with Gasteiger partial charge in [-0.1, -0.05) is 29.3 Å². The van der Waals surface area contributed by atoms with Crippen LogP contribution in [0.15, 0.2) is 23.8 Å².